The van der Waals surface area contributed by atoms with Crippen LogP contribution in [0.4, 0.5) is 0 Å². The molecule has 0 aromatic carbocycles. The van der Waals surface area contributed by atoms with Crippen LogP contribution >= 0.6 is 0 Å². The molecule has 0 radical (unpaired) electrons. The molecule has 1 saturated heterocycles. The summed E-state index contributed by atoms with van der Waals surface area (Å²) in [4.78, 5) is 4.26. The van der Waals surface area contributed by atoms with Crippen LogP contribution in [-0.4, -0.2) is 18.1 Å². The molecule has 0 saturated carbocycles. The average Bonchev–Trinajstić information content (AvgIpc) is 2.47. The van der Waals surface area contributed by atoms with Gasteiger partial charge in [0.25, 0.3) is 0 Å². The first kappa shape index (κ1) is 11.5. The third-order valence-electron chi connectivity index (χ3n) is 4.16. The number of terminal acetylenes is 1. The summed E-state index contributed by atoms with van der Waals surface area (Å²) in [5.74, 6) is 4.15. The summed E-state index contributed by atoms with van der Waals surface area (Å²) >= 11 is 0. The number of nitrogens with zero attached hydrogens (tertiary/aromatic N) is 1. The number of fused-ring (bicyclic) bond motifs is 1. The number of pyridine rings is 1. The second-order valence-corrected chi connectivity index (χ2v) is 5.20. The number of piperidine rings is 1. The molecular weight excluding hydrogens is 220 g/mol. The van der Waals surface area contributed by atoms with E-state index in [1.807, 2.05) is 6.20 Å². The summed E-state index contributed by atoms with van der Waals surface area (Å²) in [5.41, 5.74) is 3.53. The molecule has 2 aliphatic rings. The summed E-state index contributed by atoms with van der Waals surface area (Å²) in [7, 11) is 0. The molecule has 1 aliphatic carbocycles. The van der Waals surface area contributed by atoms with E-state index in [0.717, 1.165) is 24.6 Å². The number of nitrogens with one attached hydrogen (secondary N) is 1. The number of aromatic nitrogens is 1. The van der Waals surface area contributed by atoms with E-state index >= 15 is 0 Å². The van der Waals surface area contributed by atoms with E-state index in [9.17, 15) is 0 Å². The van der Waals surface area contributed by atoms with Gasteiger partial charge in [0, 0.05) is 24.5 Å². The Kier molecular flexibility index (Phi) is 3.17. The maximum Gasteiger partial charge on any atom is 0.0432 e. The van der Waals surface area contributed by atoms with Gasteiger partial charge in [-0.1, -0.05) is 12.0 Å². The van der Waals surface area contributed by atoms with Gasteiger partial charge in [0.15, 0.2) is 0 Å². The Morgan fingerprint density at radius 2 is 2.28 bits per heavy atom. The summed E-state index contributed by atoms with van der Waals surface area (Å²) < 4.78 is 0. The number of hydrogen-bond acceptors (Lipinski definition) is 2. The molecular formula is C16H18N2. The minimum absolute atomic E-state index is 0.641. The molecule has 1 aliphatic heterocycles. The Labute approximate surface area is 109 Å². The Morgan fingerprint density at radius 3 is 3.17 bits per heavy atom. The van der Waals surface area contributed by atoms with Crippen LogP contribution in [0.3, 0.4) is 0 Å². The number of allylic oxidation sites excluding steroid dienone is 1. The lowest BCUT2D eigenvalue weighted by Crippen LogP contribution is -2.38. The van der Waals surface area contributed by atoms with Crippen LogP contribution in [0, 0.1) is 24.2 Å². The monoisotopic (exact) mass is 238 g/mol. The quantitative estimate of drug-likeness (QED) is 0.760. The highest BCUT2D eigenvalue weighted by Gasteiger charge is 2.30. The lowest BCUT2D eigenvalue weighted by atomic mass is 9.73. The predicted molar refractivity (Wildman–Crippen MR) is 73.8 cm³/mol. The van der Waals surface area contributed by atoms with E-state index < -0.39 is 0 Å². The van der Waals surface area contributed by atoms with Crippen molar-refractivity contribution in [2.45, 2.75) is 19.3 Å². The minimum atomic E-state index is 0.641. The number of rotatable bonds is 1. The fourth-order valence-electron chi connectivity index (χ4n) is 3.24. The first-order chi connectivity index (χ1) is 8.88. The van der Waals surface area contributed by atoms with Crippen molar-refractivity contribution in [3.05, 3.63) is 35.7 Å². The van der Waals surface area contributed by atoms with Gasteiger partial charge in [0.05, 0.1) is 0 Å². The van der Waals surface area contributed by atoms with E-state index in [-0.39, 0.29) is 0 Å². The van der Waals surface area contributed by atoms with Crippen molar-refractivity contribution in [1.29, 1.82) is 0 Å². The van der Waals surface area contributed by atoms with Crippen molar-refractivity contribution in [3.63, 3.8) is 0 Å². The maximum atomic E-state index is 5.46. The van der Waals surface area contributed by atoms with Crippen LogP contribution in [0.1, 0.15) is 30.4 Å². The molecule has 0 spiro atoms. The zero-order valence-electron chi connectivity index (χ0n) is 10.5. The molecule has 1 fully saturated rings. The molecule has 1 aromatic rings. The zero-order valence-corrected chi connectivity index (χ0v) is 10.5. The zero-order chi connectivity index (χ0) is 12.4. The van der Waals surface area contributed by atoms with Crippen molar-refractivity contribution in [1.82, 2.24) is 10.3 Å². The summed E-state index contributed by atoms with van der Waals surface area (Å²) in [6.07, 6.45) is 15.4. The smallest absolute Gasteiger partial charge is 0.0432 e. The highest BCUT2D eigenvalue weighted by molar-refractivity contribution is 5.69. The molecule has 2 nitrogen and oxygen atoms in total. The predicted octanol–water partition coefficient (Wildman–Crippen LogP) is 2.47. The van der Waals surface area contributed by atoms with Gasteiger partial charge in [-0.15, -0.1) is 6.42 Å². The van der Waals surface area contributed by atoms with E-state index in [1.165, 1.54) is 30.4 Å². The Bertz CT molecular complexity index is 510. The van der Waals surface area contributed by atoms with Crippen LogP contribution < -0.4 is 5.32 Å². The van der Waals surface area contributed by atoms with Crippen LogP contribution in [0.25, 0.3) is 5.57 Å². The Morgan fingerprint density at radius 1 is 1.33 bits per heavy atom. The van der Waals surface area contributed by atoms with Crippen LogP contribution in [0.2, 0.25) is 0 Å². The van der Waals surface area contributed by atoms with Crippen LogP contribution in [-0.2, 0) is 0 Å². The Hall–Kier alpha value is -1.59. The molecule has 2 unspecified atom stereocenters. The normalized spacial score (nSPS) is 26.9. The number of hydrogen-bond donors (Lipinski definition) is 1. The van der Waals surface area contributed by atoms with Gasteiger partial charge >= 0.3 is 0 Å². The third kappa shape index (κ3) is 2.07. The van der Waals surface area contributed by atoms with Gasteiger partial charge in [-0.3, -0.25) is 4.98 Å². The lowest BCUT2D eigenvalue weighted by Gasteiger charge is -2.37. The minimum Gasteiger partial charge on any atom is -0.316 e. The van der Waals surface area contributed by atoms with Crippen molar-refractivity contribution in [2.24, 2.45) is 11.8 Å². The van der Waals surface area contributed by atoms with E-state index in [2.05, 4.69) is 28.4 Å². The fraction of sp³-hybridized carbons (Fsp3) is 0.438. The maximum absolute atomic E-state index is 5.46. The Balaban J connectivity index is 1.94. The highest BCUT2D eigenvalue weighted by atomic mass is 14.9. The first-order valence-corrected chi connectivity index (χ1v) is 6.71. The second kappa shape index (κ2) is 4.96. The largest absolute Gasteiger partial charge is 0.316 e. The molecule has 1 aromatic heterocycles. The first-order valence-electron chi connectivity index (χ1n) is 6.71. The van der Waals surface area contributed by atoms with Crippen LogP contribution in [0.5, 0.6) is 0 Å². The molecule has 2 heteroatoms. The van der Waals surface area contributed by atoms with E-state index in [1.54, 1.807) is 6.20 Å². The summed E-state index contributed by atoms with van der Waals surface area (Å²) in [5, 5.41) is 3.51. The topological polar surface area (TPSA) is 24.9 Å². The van der Waals surface area contributed by atoms with E-state index in [0.29, 0.717) is 5.92 Å². The van der Waals surface area contributed by atoms with Crippen molar-refractivity contribution in [2.75, 3.05) is 13.1 Å². The SMILES string of the molecule is C#Cc1cncc(C2=CCCC3CCNCC23)c1. The van der Waals surface area contributed by atoms with E-state index in [4.69, 9.17) is 6.42 Å². The highest BCUT2D eigenvalue weighted by Crippen LogP contribution is 2.39. The van der Waals surface area contributed by atoms with Crippen molar-refractivity contribution >= 4 is 5.57 Å². The summed E-state index contributed by atoms with van der Waals surface area (Å²) in [6, 6.07) is 2.09. The molecule has 3 rings (SSSR count). The molecule has 18 heavy (non-hydrogen) atoms. The molecule has 2 heterocycles. The summed E-state index contributed by atoms with van der Waals surface area (Å²) in [6.45, 7) is 2.26. The fourth-order valence-corrected chi connectivity index (χ4v) is 3.24. The van der Waals surface area contributed by atoms with Gasteiger partial charge in [-0.25, -0.2) is 0 Å². The van der Waals surface area contributed by atoms with Gasteiger partial charge < -0.3 is 5.32 Å². The van der Waals surface area contributed by atoms with Gasteiger partial charge in [0.2, 0.25) is 0 Å². The molecule has 2 atom stereocenters. The molecule has 1 N–H and O–H groups in total. The third-order valence-corrected chi connectivity index (χ3v) is 4.16. The standard InChI is InChI=1S/C16H18N2/c1-2-12-8-14(10-18-9-12)15-5-3-4-13-6-7-17-11-16(13)15/h1,5,8-10,13,16-17H,3-4,6-7,11H2. The average molecular weight is 238 g/mol. The van der Waals surface area contributed by atoms with Gasteiger partial charge in [-0.2, -0.15) is 0 Å². The van der Waals surface area contributed by atoms with Crippen molar-refractivity contribution in [3.8, 4) is 12.3 Å². The molecule has 0 amide bonds. The van der Waals surface area contributed by atoms with Crippen molar-refractivity contribution < 1.29 is 0 Å². The van der Waals surface area contributed by atoms with Gasteiger partial charge in [-0.05, 0) is 54.8 Å². The molecule has 92 valence electrons. The second-order valence-electron chi connectivity index (χ2n) is 5.20. The lowest BCUT2D eigenvalue weighted by molar-refractivity contribution is 0.285. The van der Waals surface area contributed by atoms with Crippen LogP contribution in [0.15, 0.2) is 24.5 Å². The molecule has 0 bridgehead atoms. The van der Waals surface area contributed by atoms with Gasteiger partial charge in [0.1, 0.15) is 0 Å².